The van der Waals surface area contributed by atoms with Crippen LogP contribution in [0.1, 0.15) is 35.3 Å². The highest BCUT2D eigenvalue weighted by Crippen LogP contribution is 2.34. The maximum absolute atomic E-state index is 11.5. The number of nitrogens with one attached hydrogen (secondary N) is 1. The minimum absolute atomic E-state index is 0.0376. The number of thiazole rings is 1. The van der Waals surface area contributed by atoms with Gasteiger partial charge in [0.25, 0.3) is 5.91 Å². The number of rotatable bonds is 2. The zero-order valence-corrected chi connectivity index (χ0v) is 8.57. The fourth-order valence-corrected chi connectivity index (χ4v) is 1.71. The number of carbonyl (C=O) groups is 1. The Kier molecular flexibility index (Phi) is 1.87. The van der Waals surface area contributed by atoms with E-state index in [4.69, 9.17) is 0 Å². The summed E-state index contributed by atoms with van der Waals surface area (Å²) in [5.74, 6) is -0.0376. The summed E-state index contributed by atoms with van der Waals surface area (Å²) in [6, 6.07) is 0. The number of aryl methyl sites for hydroxylation is 1. The van der Waals surface area contributed by atoms with Gasteiger partial charge in [-0.25, -0.2) is 4.98 Å². The zero-order valence-electron chi connectivity index (χ0n) is 7.76. The van der Waals surface area contributed by atoms with Crippen LogP contribution in [-0.4, -0.2) is 16.4 Å². The number of amides is 1. The average Bonchev–Trinajstić information content (AvgIpc) is 2.62. The van der Waals surface area contributed by atoms with Gasteiger partial charge in [-0.2, -0.15) is 0 Å². The standard InChI is InChI=1S/C9H12N2OS/c1-6-10-7(5-13-6)8(12)11-9(2)3-4-9/h5H,3-4H2,1-2H3,(H,11,12). The maximum atomic E-state index is 11.5. The van der Waals surface area contributed by atoms with Crippen molar-refractivity contribution in [3.05, 3.63) is 16.1 Å². The lowest BCUT2D eigenvalue weighted by molar-refractivity contribution is 0.0931. The number of aromatic nitrogens is 1. The summed E-state index contributed by atoms with van der Waals surface area (Å²) in [7, 11) is 0. The quantitative estimate of drug-likeness (QED) is 0.782. The minimum Gasteiger partial charge on any atom is -0.346 e. The molecule has 1 amide bonds. The molecule has 1 aliphatic rings. The van der Waals surface area contributed by atoms with E-state index in [-0.39, 0.29) is 11.4 Å². The van der Waals surface area contributed by atoms with Crippen molar-refractivity contribution in [3.8, 4) is 0 Å². The summed E-state index contributed by atoms with van der Waals surface area (Å²) in [4.78, 5) is 15.7. The molecule has 1 saturated carbocycles. The van der Waals surface area contributed by atoms with Gasteiger partial charge < -0.3 is 5.32 Å². The van der Waals surface area contributed by atoms with E-state index < -0.39 is 0 Å². The molecule has 0 bridgehead atoms. The molecule has 1 aromatic rings. The Bertz CT molecular complexity index is 341. The van der Waals surface area contributed by atoms with Crippen LogP contribution in [0.15, 0.2) is 5.38 Å². The van der Waals surface area contributed by atoms with Crippen molar-refractivity contribution in [2.45, 2.75) is 32.2 Å². The second-order valence-electron chi connectivity index (χ2n) is 3.77. The highest BCUT2D eigenvalue weighted by atomic mass is 32.1. The predicted molar refractivity (Wildman–Crippen MR) is 52.0 cm³/mol. The zero-order chi connectivity index (χ0) is 9.47. The van der Waals surface area contributed by atoms with E-state index in [0.717, 1.165) is 17.8 Å². The molecule has 0 aliphatic heterocycles. The van der Waals surface area contributed by atoms with Crippen LogP contribution in [0.4, 0.5) is 0 Å². The first-order valence-corrected chi connectivity index (χ1v) is 5.22. The molecule has 2 rings (SSSR count). The molecule has 1 aliphatic carbocycles. The summed E-state index contributed by atoms with van der Waals surface area (Å²) in [5.41, 5.74) is 0.602. The molecule has 70 valence electrons. The first kappa shape index (κ1) is 8.69. The van der Waals surface area contributed by atoms with Crippen molar-refractivity contribution in [1.29, 1.82) is 0 Å². The molecule has 3 nitrogen and oxygen atoms in total. The lowest BCUT2D eigenvalue weighted by Crippen LogP contribution is -2.34. The van der Waals surface area contributed by atoms with Crippen LogP contribution in [0.3, 0.4) is 0 Å². The van der Waals surface area contributed by atoms with E-state index in [2.05, 4.69) is 17.2 Å². The van der Waals surface area contributed by atoms with Crippen molar-refractivity contribution in [2.24, 2.45) is 0 Å². The molecule has 0 radical (unpaired) electrons. The van der Waals surface area contributed by atoms with Gasteiger partial charge in [0, 0.05) is 10.9 Å². The van der Waals surface area contributed by atoms with Crippen molar-refractivity contribution >= 4 is 17.2 Å². The molecule has 13 heavy (non-hydrogen) atoms. The van der Waals surface area contributed by atoms with E-state index in [0.29, 0.717) is 5.69 Å². The Morgan fingerprint density at radius 2 is 2.38 bits per heavy atom. The van der Waals surface area contributed by atoms with Crippen LogP contribution in [0, 0.1) is 6.92 Å². The molecule has 1 fully saturated rings. The number of hydrogen-bond acceptors (Lipinski definition) is 3. The lowest BCUT2D eigenvalue weighted by Gasteiger charge is -2.08. The van der Waals surface area contributed by atoms with Gasteiger partial charge in [0.15, 0.2) is 0 Å². The van der Waals surface area contributed by atoms with Gasteiger partial charge in [-0.15, -0.1) is 11.3 Å². The molecule has 0 unspecified atom stereocenters. The Morgan fingerprint density at radius 1 is 1.69 bits per heavy atom. The Labute approximate surface area is 81.2 Å². The summed E-state index contributed by atoms with van der Waals surface area (Å²) in [6.45, 7) is 3.96. The van der Waals surface area contributed by atoms with Gasteiger partial charge in [-0.3, -0.25) is 4.79 Å². The molecule has 0 spiro atoms. The average molecular weight is 196 g/mol. The van der Waals surface area contributed by atoms with Gasteiger partial charge in [0.1, 0.15) is 5.69 Å². The fourth-order valence-electron chi connectivity index (χ4n) is 1.12. The minimum atomic E-state index is -0.0376. The fraction of sp³-hybridized carbons (Fsp3) is 0.556. The van der Waals surface area contributed by atoms with E-state index in [1.54, 1.807) is 5.38 Å². The van der Waals surface area contributed by atoms with E-state index in [1.165, 1.54) is 11.3 Å². The van der Waals surface area contributed by atoms with Gasteiger partial charge in [0.05, 0.1) is 5.01 Å². The lowest BCUT2D eigenvalue weighted by atomic mass is 10.3. The van der Waals surface area contributed by atoms with Gasteiger partial charge in [0.2, 0.25) is 0 Å². The first-order valence-electron chi connectivity index (χ1n) is 4.34. The van der Waals surface area contributed by atoms with Gasteiger partial charge in [-0.05, 0) is 26.7 Å². The smallest absolute Gasteiger partial charge is 0.271 e. The molecular weight excluding hydrogens is 184 g/mol. The SMILES string of the molecule is Cc1nc(C(=O)NC2(C)CC2)cs1. The maximum Gasteiger partial charge on any atom is 0.271 e. The summed E-state index contributed by atoms with van der Waals surface area (Å²) in [5, 5.41) is 5.70. The van der Waals surface area contributed by atoms with Crippen LogP contribution < -0.4 is 5.32 Å². The molecule has 1 aromatic heterocycles. The summed E-state index contributed by atoms with van der Waals surface area (Å²) < 4.78 is 0. The molecule has 1 heterocycles. The van der Waals surface area contributed by atoms with Gasteiger partial charge >= 0.3 is 0 Å². The molecule has 0 aromatic carbocycles. The molecule has 1 N–H and O–H groups in total. The number of hydrogen-bond donors (Lipinski definition) is 1. The Hall–Kier alpha value is -0.900. The molecule has 4 heteroatoms. The highest BCUT2D eigenvalue weighted by Gasteiger charge is 2.39. The summed E-state index contributed by atoms with van der Waals surface area (Å²) in [6.07, 6.45) is 2.17. The van der Waals surface area contributed by atoms with E-state index in [9.17, 15) is 4.79 Å². The second kappa shape index (κ2) is 2.80. The van der Waals surface area contributed by atoms with E-state index in [1.807, 2.05) is 6.92 Å². The van der Waals surface area contributed by atoms with Crippen molar-refractivity contribution < 1.29 is 4.79 Å². The second-order valence-corrected chi connectivity index (χ2v) is 4.83. The van der Waals surface area contributed by atoms with Gasteiger partial charge in [-0.1, -0.05) is 0 Å². The third kappa shape index (κ3) is 1.88. The number of carbonyl (C=O) groups excluding carboxylic acids is 1. The molecule has 0 saturated heterocycles. The molecular formula is C9H12N2OS. The highest BCUT2D eigenvalue weighted by molar-refractivity contribution is 7.09. The van der Waals surface area contributed by atoms with E-state index >= 15 is 0 Å². The normalized spacial score (nSPS) is 18.3. The number of nitrogens with zero attached hydrogens (tertiary/aromatic N) is 1. The van der Waals surface area contributed by atoms with Crippen molar-refractivity contribution in [2.75, 3.05) is 0 Å². The third-order valence-electron chi connectivity index (χ3n) is 2.27. The van der Waals surface area contributed by atoms with Crippen LogP contribution >= 0.6 is 11.3 Å². The van der Waals surface area contributed by atoms with Crippen LogP contribution in [-0.2, 0) is 0 Å². The monoisotopic (exact) mass is 196 g/mol. The predicted octanol–water partition coefficient (Wildman–Crippen LogP) is 1.73. The first-order chi connectivity index (χ1) is 6.09. The van der Waals surface area contributed by atoms with Crippen molar-refractivity contribution in [3.63, 3.8) is 0 Å². The molecule has 0 atom stereocenters. The van der Waals surface area contributed by atoms with Crippen LogP contribution in [0.5, 0.6) is 0 Å². The third-order valence-corrected chi connectivity index (χ3v) is 3.04. The largest absolute Gasteiger partial charge is 0.346 e. The Balaban J connectivity index is 2.05. The summed E-state index contributed by atoms with van der Waals surface area (Å²) >= 11 is 1.51. The van der Waals surface area contributed by atoms with Crippen LogP contribution in [0.25, 0.3) is 0 Å². The van der Waals surface area contributed by atoms with Crippen LogP contribution in [0.2, 0.25) is 0 Å². The Morgan fingerprint density at radius 3 is 2.85 bits per heavy atom. The topological polar surface area (TPSA) is 42.0 Å². The van der Waals surface area contributed by atoms with Crippen molar-refractivity contribution in [1.82, 2.24) is 10.3 Å².